The summed E-state index contributed by atoms with van der Waals surface area (Å²) in [5.41, 5.74) is 4.03. The summed E-state index contributed by atoms with van der Waals surface area (Å²) in [5.74, 6) is -1.13. The molecule has 0 fully saturated rings. The Balaban J connectivity index is 1.35. The van der Waals surface area contributed by atoms with Crippen LogP contribution in [-0.2, 0) is 17.6 Å². The molecule has 1 aliphatic carbocycles. The van der Waals surface area contributed by atoms with E-state index in [0.717, 1.165) is 46.3 Å². The fourth-order valence-electron chi connectivity index (χ4n) is 4.19. The number of aromatic nitrogens is 1. The van der Waals surface area contributed by atoms with Gasteiger partial charge < -0.3 is 4.74 Å². The number of rotatable bonds is 4. The van der Waals surface area contributed by atoms with E-state index in [1.54, 1.807) is 24.3 Å². The fraction of sp³-hybridized carbons (Fsp3) is 0.217. The second-order valence-electron chi connectivity index (χ2n) is 7.23. The van der Waals surface area contributed by atoms with Gasteiger partial charge in [-0.1, -0.05) is 30.3 Å². The van der Waals surface area contributed by atoms with Gasteiger partial charge in [0, 0.05) is 11.1 Å². The van der Waals surface area contributed by atoms with Crippen LogP contribution in [0.25, 0.3) is 10.9 Å². The van der Waals surface area contributed by atoms with Crippen molar-refractivity contribution in [2.24, 2.45) is 0 Å². The van der Waals surface area contributed by atoms with Gasteiger partial charge in [0.25, 0.3) is 11.8 Å². The van der Waals surface area contributed by atoms with E-state index in [1.165, 1.54) is 0 Å². The summed E-state index contributed by atoms with van der Waals surface area (Å²) >= 11 is 0. The molecule has 6 nitrogen and oxygen atoms in total. The molecule has 0 saturated heterocycles. The maximum Gasteiger partial charge on any atom is 0.339 e. The Labute approximate surface area is 167 Å². The fourth-order valence-corrected chi connectivity index (χ4v) is 4.19. The van der Waals surface area contributed by atoms with Gasteiger partial charge in [-0.25, -0.2) is 4.79 Å². The van der Waals surface area contributed by atoms with E-state index < -0.39 is 5.97 Å². The Kier molecular flexibility index (Phi) is 4.12. The maximum absolute atomic E-state index is 12.9. The zero-order valence-electron chi connectivity index (χ0n) is 15.7. The molecular formula is C23H18N2O4. The number of nitrogens with zero attached hydrogens (tertiary/aromatic N) is 2. The molecule has 144 valence electrons. The molecule has 6 heteroatoms. The van der Waals surface area contributed by atoms with Crippen LogP contribution in [0.5, 0.6) is 0 Å². The van der Waals surface area contributed by atoms with E-state index in [2.05, 4.69) is 4.98 Å². The summed E-state index contributed by atoms with van der Waals surface area (Å²) in [4.78, 5) is 43.6. The second kappa shape index (κ2) is 6.81. The van der Waals surface area contributed by atoms with Crippen molar-refractivity contribution in [3.63, 3.8) is 0 Å². The molecule has 0 unspecified atom stereocenters. The standard InChI is InChI=1S/C23H18N2O4/c26-21-14-6-1-2-7-15(14)22(27)25(21)12-13-29-23(28)20-16-8-3-4-10-18(16)24-19-11-5-9-17(19)20/h1-4,6-8,10H,5,9,11-13H2. The number of hydrogen-bond acceptors (Lipinski definition) is 5. The van der Waals surface area contributed by atoms with E-state index in [-0.39, 0.29) is 25.0 Å². The molecule has 2 aliphatic rings. The van der Waals surface area contributed by atoms with Crippen LogP contribution in [-0.4, -0.2) is 40.8 Å². The minimum atomic E-state index is -0.432. The number of pyridine rings is 1. The summed E-state index contributed by atoms with van der Waals surface area (Å²) in [5, 5.41) is 0.777. The lowest BCUT2D eigenvalue weighted by atomic mass is 10.0. The molecular weight excluding hydrogens is 368 g/mol. The van der Waals surface area contributed by atoms with Crippen molar-refractivity contribution in [1.29, 1.82) is 0 Å². The molecule has 0 saturated carbocycles. The number of carbonyl (C=O) groups is 3. The highest BCUT2D eigenvalue weighted by atomic mass is 16.5. The summed E-state index contributed by atoms with van der Waals surface area (Å²) in [6, 6.07) is 14.3. The third-order valence-corrected chi connectivity index (χ3v) is 5.55. The van der Waals surface area contributed by atoms with Gasteiger partial charge in [0.15, 0.2) is 0 Å². The number of para-hydroxylation sites is 1. The first-order valence-electron chi connectivity index (χ1n) is 9.68. The molecule has 1 aromatic heterocycles. The topological polar surface area (TPSA) is 76.6 Å². The van der Waals surface area contributed by atoms with E-state index in [4.69, 9.17) is 4.74 Å². The number of carbonyl (C=O) groups excluding carboxylic acids is 3. The number of hydrogen-bond donors (Lipinski definition) is 0. The van der Waals surface area contributed by atoms with Crippen LogP contribution in [0.1, 0.15) is 48.8 Å². The zero-order valence-corrected chi connectivity index (χ0v) is 15.7. The van der Waals surface area contributed by atoms with Gasteiger partial charge in [-0.3, -0.25) is 19.5 Å². The van der Waals surface area contributed by atoms with E-state index in [1.807, 2.05) is 24.3 Å². The first kappa shape index (κ1) is 17.6. The summed E-state index contributed by atoms with van der Waals surface area (Å²) in [7, 11) is 0. The average molecular weight is 386 g/mol. The quantitative estimate of drug-likeness (QED) is 0.508. The zero-order chi connectivity index (χ0) is 20.0. The lowest BCUT2D eigenvalue weighted by molar-refractivity contribution is 0.0421. The van der Waals surface area contributed by atoms with E-state index in [9.17, 15) is 14.4 Å². The number of fused-ring (bicyclic) bond motifs is 3. The van der Waals surface area contributed by atoms with Gasteiger partial charge in [-0.15, -0.1) is 0 Å². The Morgan fingerprint density at radius 2 is 1.66 bits per heavy atom. The molecule has 0 spiro atoms. The Morgan fingerprint density at radius 3 is 2.41 bits per heavy atom. The molecule has 2 aromatic carbocycles. The number of amides is 2. The number of benzene rings is 2. The Hall–Kier alpha value is -3.54. The second-order valence-corrected chi connectivity index (χ2v) is 7.23. The lowest BCUT2D eigenvalue weighted by Gasteiger charge is -2.15. The van der Waals surface area contributed by atoms with Gasteiger partial charge in [0.2, 0.25) is 0 Å². The summed E-state index contributed by atoms with van der Waals surface area (Å²) < 4.78 is 5.51. The van der Waals surface area contributed by atoms with Crippen LogP contribution in [0, 0.1) is 0 Å². The number of esters is 1. The van der Waals surface area contributed by atoms with Crippen LogP contribution < -0.4 is 0 Å². The van der Waals surface area contributed by atoms with Crippen molar-refractivity contribution < 1.29 is 19.1 Å². The van der Waals surface area contributed by atoms with Crippen molar-refractivity contribution in [3.8, 4) is 0 Å². The highest BCUT2D eigenvalue weighted by Crippen LogP contribution is 2.30. The number of ether oxygens (including phenoxy) is 1. The predicted molar refractivity (Wildman–Crippen MR) is 106 cm³/mol. The minimum Gasteiger partial charge on any atom is -0.460 e. The van der Waals surface area contributed by atoms with Crippen molar-refractivity contribution in [2.45, 2.75) is 19.3 Å². The average Bonchev–Trinajstić information content (AvgIpc) is 3.30. The highest BCUT2D eigenvalue weighted by Gasteiger charge is 2.35. The monoisotopic (exact) mass is 386 g/mol. The molecule has 0 bridgehead atoms. The number of imide groups is 1. The third-order valence-electron chi connectivity index (χ3n) is 5.55. The minimum absolute atomic E-state index is 0.0310. The van der Waals surface area contributed by atoms with Crippen molar-refractivity contribution in [3.05, 3.63) is 76.5 Å². The van der Waals surface area contributed by atoms with Crippen LogP contribution >= 0.6 is 0 Å². The highest BCUT2D eigenvalue weighted by molar-refractivity contribution is 6.21. The molecule has 0 radical (unpaired) electrons. The molecule has 5 rings (SSSR count). The molecule has 2 heterocycles. The van der Waals surface area contributed by atoms with Gasteiger partial charge in [0.05, 0.1) is 28.8 Å². The summed E-state index contributed by atoms with van der Waals surface area (Å²) in [6.45, 7) is -0.0149. The van der Waals surface area contributed by atoms with Crippen molar-refractivity contribution >= 4 is 28.7 Å². The lowest BCUT2D eigenvalue weighted by Crippen LogP contribution is -2.33. The normalized spacial score (nSPS) is 15.0. The maximum atomic E-state index is 12.9. The smallest absolute Gasteiger partial charge is 0.339 e. The Morgan fingerprint density at radius 1 is 0.966 bits per heavy atom. The van der Waals surface area contributed by atoms with Gasteiger partial charge in [-0.2, -0.15) is 0 Å². The van der Waals surface area contributed by atoms with Crippen LogP contribution in [0.15, 0.2) is 48.5 Å². The molecule has 29 heavy (non-hydrogen) atoms. The number of aryl methyl sites for hydroxylation is 1. The molecule has 3 aromatic rings. The largest absolute Gasteiger partial charge is 0.460 e. The van der Waals surface area contributed by atoms with Gasteiger partial charge in [0.1, 0.15) is 6.61 Å². The van der Waals surface area contributed by atoms with E-state index in [0.29, 0.717) is 16.7 Å². The summed E-state index contributed by atoms with van der Waals surface area (Å²) in [6.07, 6.45) is 2.62. The van der Waals surface area contributed by atoms with E-state index >= 15 is 0 Å². The first-order valence-corrected chi connectivity index (χ1v) is 9.68. The molecule has 2 amide bonds. The van der Waals surface area contributed by atoms with Gasteiger partial charge >= 0.3 is 5.97 Å². The SMILES string of the molecule is O=C(OCCN1C(=O)c2ccccc2C1=O)c1c2c(nc3ccccc13)CCC2. The third kappa shape index (κ3) is 2.79. The van der Waals surface area contributed by atoms with Crippen molar-refractivity contribution in [2.75, 3.05) is 13.2 Å². The molecule has 1 aliphatic heterocycles. The molecule has 0 N–H and O–H groups in total. The molecule has 0 atom stereocenters. The first-order chi connectivity index (χ1) is 14.1. The van der Waals surface area contributed by atoms with Crippen molar-refractivity contribution in [1.82, 2.24) is 9.88 Å². The van der Waals surface area contributed by atoms with Gasteiger partial charge in [-0.05, 0) is 43.0 Å². The predicted octanol–water partition coefficient (Wildman–Crippen LogP) is 3.18. The van der Waals surface area contributed by atoms with Crippen LogP contribution in [0.3, 0.4) is 0 Å². The Bertz CT molecular complexity index is 1150. The van der Waals surface area contributed by atoms with Crippen LogP contribution in [0.2, 0.25) is 0 Å². The van der Waals surface area contributed by atoms with Crippen LogP contribution in [0.4, 0.5) is 0 Å².